The van der Waals surface area contributed by atoms with Crippen LogP contribution in [0.15, 0.2) is 54.4 Å². The normalized spacial score (nSPS) is 11.7. The predicted octanol–water partition coefficient (Wildman–Crippen LogP) is 6.02. The fourth-order valence-electron chi connectivity index (χ4n) is 3.02. The van der Waals surface area contributed by atoms with Gasteiger partial charge in [0.15, 0.2) is 5.78 Å². The van der Waals surface area contributed by atoms with Gasteiger partial charge in [0.2, 0.25) is 0 Å². The van der Waals surface area contributed by atoms with Crippen molar-refractivity contribution in [3.63, 3.8) is 0 Å². The van der Waals surface area contributed by atoms with E-state index >= 15 is 0 Å². The average molecular weight is 384 g/mol. The van der Waals surface area contributed by atoms with Crippen LogP contribution >= 0.6 is 0 Å². The van der Waals surface area contributed by atoms with E-state index < -0.39 is 0 Å². The lowest BCUT2D eigenvalue weighted by Crippen LogP contribution is -2.06. The summed E-state index contributed by atoms with van der Waals surface area (Å²) >= 11 is 0. The van der Waals surface area contributed by atoms with Crippen molar-refractivity contribution in [1.82, 2.24) is 0 Å². The molecule has 0 saturated heterocycles. The van der Waals surface area contributed by atoms with Crippen molar-refractivity contribution in [3.8, 4) is 5.75 Å². The van der Waals surface area contributed by atoms with Crippen LogP contribution in [-0.2, 0) is 17.8 Å². The van der Waals surface area contributed by atoms with E-state index in [-0.39, 0.29) is 12.4 Å². The summed E-state index contributed by atoms with van der Waals surface area (Å²) in [7, 11) is 1.68. The van der Waals surface area contributed by atoms with Crippen molar-refractivity contribution in [2.45, 2.75) is 46.1 Å². The third-order valence-electron chi connectivity index (χ3n) is 4.70. The van der Waals surface area contributed by atoms with Gasteiger partial charge in [-0.25, -0.2) is 4.39 Å². The summed E-state index contributed by atoms with van der Waals surface area (Å²) in [6.07, 6.45) is 1.52. The number of hydrogen-bond donors (Lipinski definition) is 0. The van der Waals surface area contributed by atoms with Gasteiger partial charge in [-0.1, -0.05) is 39.0 Å². The monoisotopic (exact) mass is 384 g/mol. The lowest BCUT2D eigenvalue weighted by molar-refractivity contribution is 0.0993. The van der Waals surface area contributed by atoms with E-state index in [1.165, 1.54) is 5.56 Å². The first-order valence-electron chi connectivity index (χ1n) is 9.63. The van der Waals surface area contributed by atoms with Crippen LogP contribution in [0, 0.1) is 0 Å². The number of methoxy groups -OCH3 is 1. The predicted molar refractivity (Wildman–Crippen MR) is 111 cm³/mol. The van der Waals surface area contributed by atoms with Gasteiger partial charge in [0.25, 0.3) is 0 Å². The molecule has 0 bridgehead atoms. The van der Waals surface area contributed by atoms with E-state index in [0.29, 0.717) is 48.6 Å². The highest BCUT2D eigenvalue weighted by Crippen LogP contribution is 2.23. The SMILES string of the molecule is CCC(=CF)COc1ccc(C(=O)Cc2ccc(C(C)C)c(COC)c2)cc1. The molecule has 150 valence electrons. The maximum Gasteiger partial charge on any atom is 0.167 e. The zero-order chi connectivity index (χ0) is 20.5. The van der Waals surface area contributed by atoms with Gasteiger partial charge >= 0.3 is 0 Å². The summed E-state index contributed by atoms with van der Waals surface area (Å²) < 4.78 is 23.4. The third kappa shape index (κ3) is 6.03. The smallest absolute Gasteiger partial charge is 0.167 e. The van der Waals surface area contributed by atoms with Crippen molar-refractivity contribution in [1.29, 1.82) is 0 Å². The van der Waals surface area contributed by atoms with Crippen molar-refractivity contribution < 1.29 is 18.7 Å². The summed E-state index contributed by atoms with van der Waals surface area (Å²) in [5.74, 6) is 1.07. The van der Waals surface area contributed by atoms with Crippen molar-refractivity contribution in [3.05, 3.63) is 76.6 Å². The number of ketones is 1. The summed E-state index contributed by atoms with van der Waals surface area (Å²) in [5.41, 5.74) is 4.57. The minimum absolute atomic E-state index is 0.0464. The number of halogens is 1. The van der Waals surface area contributed by atoms with Crippen LogP contribution in [0.2, 0.25) is 0 Å². The zero-order valence-electron chi connectivity index (χ0n) is 17.1. The molecule has 2 aromatic carbocycles. The first-order chi connectivity index (χ1) is 13.5. The van der Waals surface area contributed by atoms with E-state index in [9.17, 15) is 9.18 Å². The number of carbonyl (C=O) groups excluding carboxylic acids is 1. The van der Waals surface area contributed by atoms with Gasteiger partial charge in [0, 0.05) is 19.1 Å². The molecule has 0 spiro atoms. The number of carbonyl (C=O) groups is 1. The highest BCUT2D eigenvalue weighted by Gasteiger charge is 2.12. The summed E-state index contributed by atoms with van der Waals surface area (Å²) in [6, 6.07) is 13.2. The molecule has 0 amide bonds. The standard InChI is InChI=1S/C24H29FO3/c1-5-18(14-25)15-28-22-9-7-20(8-10-22)24(26)13-19-6-11-23(17(2)3)21(12-19)16-27-4/h6-12,14,17H,5,13,15-16H2,1-4H3. The fourth-order valence-corrected chi connectivity index (χ4v) is 3.02. The zero-order valence-corrected chi connectivity index (χ0v) is 17.1. The number of Topliss-reactive ketones (excluding diaryl/α,β-unsaturated/α-hetero) is 1. The van der Waals surface area contributed by atoms with Crippen molar-refractivity contribution in [2.75, 3.05) is 13.7 Å². The molecule has 0 aromatic heterocycles. The van der Waals surface area contributed by atoms with Crippen LogP contribution in [0.1, 0.15) is 60.2 Å². The van der Waals surface area contributed by atoms with E-state index in [4.69, 9.17) is 9.47 Å². The van der Waals surface area contributed by atoms with Crippen molar-refractivity contribution >= 4 is 5.78 Å². The van der Waals surface area contributed by atoms with Crippen LogP contribution in [0.3, 0.4) is 0 Å². The van der Waals surface area contributed by atoms with Crippen LogP contribution in [-0.4, -0.2) is 19.5 Å². The molecule has 0 aliphatic heterocycles. The lowest BCUT2D eigenvalue weighted by Gasteiger charge is -2.14. The molecule has 0 fully saturated rings. The molecule has 28 heavy (non-hydrogen) atoms. The Morgan fingerprint density at radius 3 is 2.43 bits per heavy atom. The first-order valence-corrected chi connectivity index (χ1v) is 9.63. The Morgan fingerprint density at radius 1 is 1.14 bits per heavy atom. The van der Waals surface area contributed by atoms with Gasteiger partial charge in [0.1, 0.15) is 12.4 Å². The first kappa shape index (κ1) is 21.8. The Morgan fingerprint density at radius 2 is 1.86 bits per heavy atom. The average Bonchev–Trinajstić information content (AvgIpc) is 2.69. The van der Waals surface area contributed by atoms with Gasteiger partial charge < -0.3 is 9.47 Å². The molecule has 0 aliphatic carbocycles. The number of hydrogen-bond acceptors (Lipinski definition) is 3. The maximum absolute atomic E-state index is 12.6. The van der Waals surface area contributed by atoms with Gasteiger partial charge in [0.05, 0.1) is 12.9 Å². The summed E-state index contributed by atoms with van der Waals surface area (Å²) in [5, 5.41) is 0. The van der Waals surface area contributed by atoms with E-state index in [1.807, 2.05) is 13.0 Å². The largest absolute Gasteiger partial charge is 0.489 e. The molecule has 0 N–H and O–H groups in total. The Hall–Kier alpha value is -2.46. The quantitative estimate of drug-likeness (QED) is 0.470. The molecule has 0 radical (unpaired) electrons. The molecular weight excluding hydrogens is 355 g/mol. The highest BCUT2D eigenvalue weighted by atomic mass is 19.1. The summed E-state index contributed by atoms with van der Waals surface area (Å²) in [4.78, 5) is 12.6. The third-order valence-corrected chi connectivity index (χ3v) is 4.70. The second-order valence-electron chi connectivity index (χ2n) is 7.15. The van der Waals surface area contributed by atoms with E-state index in [1.54, 1.807) is 31.4 Å². The molecular formula is C24H29FO3. The topological polar surface area (TPSA) is 35.5 Å². The van der Waals surface area contributed by atoms with Gasteiger partial charge in [-0.2, -0.15) is 0 Å². The molecule has 4 heteroatoms. The fraction of sp³-hybridized carbons (Fsp3) is 0.375. The molecule has 0 unspecified atom stereocenters. The Labute approximate surface area is 167 Å². The molecule has 2 rings (SSSR count). The number of benzene rings is 2. The minimum Gasteiger partial charge on any atom is -0.489 e. The molecule has 0 heterocycles. The Bertz CT molecular complexity index is 807. The molecule has 0 atom stereocenters. The molecule has 2 aromatic rings. The molecule has 0 aliphatic rings. The van der Waals surface area contributed by atoms with Gasteiger partial charge in [-0.15, -0.1) is 0 Å². The van der Waals surface area contributed by atoms with Crippen LogP contribution in [0.4, 0.5) is 4.39 Å². The van der Waals surface area contributed by atoms with Crippen molar-refractivity contribution in [2.24, 2.45) is 0 Å². The maximum atomic E-state index is 12.6. The van der Waals surface area contributed by atoms with Gasteiger partial charge in [-0.3, -0.25) is 4.79 Å². The van der Waals surface area contributed by atoms with Crippen LogP contribution in [0.25, 0.3) is 0 Å². The van der Waals surface area contributed by atoms with Gasteiger partial charge in [-0.05, 0) is 58.9 Å². The van der Waals surface area contributed by atoms with Crippen LogP contribution < -0.4 is 4.74 Å². The number of rotatable bonds is 10. The van der Waals surface area contributed by atoms with E-state index in [0.717, 1.165) is 11.1 Å². The molecule has 3 nitrogen and oxygen atoms in total. The second kappa shape index (κ2) is 10.8. The Balaban J connectivity index is 2.05. The molecule has 0 saturated carbocycles. The highest BCUT2D eigenvalue weighted by molar-refractivity contribution is 5.97. The Kier molecular flexibility index (Phi) is 8.40. The van der Waals surface area contributed by atoms with E-state index in [2.05, 4.69) is 26.0 Å². The summed E-state index contributed by atoms with van der Waals surface area (Å²) in [6.45, 7) is 6.92. The minimum atomic E-state index is 0.0464. The number of ether oxygens (including phenoxy) is 2. The van der Waals surface area contributed by atoms with Crippen LogP contribution in [0.5, 0.6) is 5.75 Å². The lowest BCUT2D eigenvalue weighted by atomic mass is 9.93. The second-order valence-corrected chi connectivity index (χ2v) is 7.15.